The van der Waals surface area contributed by atoms with Crippen LogP contribution in [0, 0.1) is 0 Å². The first-order valence-corrected chi connectivity index (χ1v) is 6.80. The number of rotatable bonds is 5. The summed E-state index contributed by atoms with van der Waals surface area (Å²) in [7, 11) is 1.70. The number of hydrogen-bond donors (Lipinski definition) is 1. The Bertz CT molecular complexity index is 598. The molecule has 0 bridgehead atoms. The number of carbonyl (C=O) groups excluding carboxylic acids is 1. The van der Waals surface area contributed by atoms with E-state index in [2.05, 4.69) is 15.9 Å². The van der Waals surface area contributed by atoms with E-state index < -0.39 is 0 Å². The molecule has 2 N–H and O–H groups in total. The molecular formula is C14H15BrN2O3. The molecule has 0 fully saturated rings. The zero-order valence-electron chi connectivity index (χ0n) is 11.0. The van der Waals surface area contributed by atoms with Gasteiger partial charge in [0.2, 0.25) is 0 Å². The van der Waals surface area contributed by atoms with Gasteiger partial charge in [-0.3, -0.25) is 4.79 Å². The second-order valence-electron chi connectivity index (χ2n) is 4.32. The number of likely N-dealkylation sites (N-methyl/N-ethyl adjacent to an activating group) is 1. The molecule has 0 spiro atoms. The number of furan rings is 1. The Kier molecular flexibility index (Phi) is 4.68. The fraction of sp³-hybridized carbons (Fsp3) is 0.214. The Labute approximate surface area is 125 Å². The summed E-state index contributed by atoms with van der Waals surface area (Å²) in [6.45, 7) is 0.354. The van der Waals surface area contributed by atoms with E-state index in [1.165, 1.54) is 4.90 Å². The predicted molar refractivity (Wildman–Crippen MR) is 79.2 cm³/mol. The average molecular weight is 339 g/mol. The molecule has 2 aromatic rings. The van der Waals surface area contributed by atoms with Crippen molar-refractivity contribution in [2.45, 2.75) is 6.54 Å². The molecule has 0 radical (unpaired) electrons. The first-order valence-electron chi connectivity index (χ1n) is 6.01. The number of nitrogen functional groups attached to an aromatic ring is 1. The van der Waals surface area contributed by atoms with E-state index in [-0.39, 0.29) is 12.5 Å². The number of nitrogens with two attached hydrogens (primary N) is 1. The Balaban J connectivity index is 1.85. The van der Waals surface area contributed by atoms with Gasteiger partial charge in [0, 0.05) is 18.8 Å². The normalized spacial score (nSPS) is 10.3. The van der Waals surface area contributed by atoms with Gasteiger partial charge >= 0.3 is 0 Å². The van der Waals surface area contributed by atoms with E-state index in [0.717, 1.165) is 0 Å². The van der Waals surface area contributed by atoms with Gasteiger partial charge in [0.25, 0.3) is 5.91 Å². The maximum absolute atomic E-state index is 11.9. The molecule has 0 saturated carbocycles. The maximum atomic E-state index is 11.9. The molecule has 1 heterocycles. The van der Waals surface area contributed by atoms with Crippen molar-refractivity contribution in [2.75, 3.05) is 19.4 Å². The van der Waals surface area contributed by atoms with Crippen LogP contribution < -0.4 is 10.5 Å². The van der Waals surface area contributed by atoms with Gasteiger partial charge in [-0.2, -0.15) is 0 Å². The monoisotopic (exact) mass is 338 g/mol. The van der Waals surface area contributed by atoms with Gasteiger partial charge in [-0.05, 0) is 40.2 Å². The van der Waals surface area contributed by atoms with E-state index in [0.29, 0.717) is 28.4 Å². The molecule has 2 rings (SSSR count). The molecule has 1 aromatic heterocycles. The van der Waals surface area contributed by atoms with Crippen LogP contribution >= 0.6 is 15.9 Å². The van der Waals surface area contributed by atoms with Crippen LogP contribution in [0.2, 0.25) is 0 Å². The van der Waals surface area contributed by atoms with Crippen LogP contribution in [0.5, 0.6) is 5.75 Å². The second-order valence-corrected chi connectivity index (χ2v) is 5.10. The van der Waals surface area contributed by atoms with Crippen LogP contribution in [0.4, 0.5) is 5.69 Å². The lowest BCUT2D eigenvalue weighted by Gasteiger charge is -2.16. The highest BCUT2D eigenvalue weighted by atomic mass is 79.9. The van der Waals surface area contributed by atoms with Crippen molar-refractivity contribution >= 4 is 27.5 Å². The molecule has 20 heavy (non-hydrogen) atoms. The summed E-state index contributed by atoms with van der Waals surface area (Å²) in [6.07, 6.45) is 0. The van der Waals surface area contributed by atoms with Gasteiger partial charge < -0.3 is 19.8 Å². The highest BCUT2D eigenvalue weighted by Gasteiger charge is 2.12. The predicted octanol–water partition coefficient (Wildman–Crippen LogP) is 2.66. The first kappa shape index (κ1) is 14.5. The molecular weight excluding hydrogens is 324 g/mol. The molecule has 0 atom stereocenters. The van der Waals surface area contributed by atoms with Crippen LogP contribution in [0.1, 0.15) is 5.76 Å². The summed E-state index contributed by atoms with van der Waals surface area (Å²) < 4.78 is 11.4. The number of benzene rings is 1. The highest BCUT2D eigenvalue weighted by Crippen LogP contribution is 2.16. The second kappa shape index (κ2) is 6.47. The van der Waals surface area contributed by atoms with Crippen molar-refractivity contribution in [1.29, 1.82) is 0 Å². The third kappa shape index (κ3) is 4.03. The summed E-state index contributed by atoms with van der Waals surface area (Å²) in [5.74, 6) is 1.14. The minimum absolute atomic E-state index is 0.0398. The molecule has 1 aromatic carbocycles. The Morgan fingerprint density at radius 2 is 2.20 bits per heavy atom. The quantitative estimate of drug-likeness (QED) is 0.851. The molecule has 1 amide bonds. The van der Waals surface area contributed by atoms with Crippen LogP contribution in [0.15, 0.2) is 45.5 Å². The lowest BCUT2D eigenvalue weighted by molar-refractivity contribution is -0.132. The van der Waals surface area contributed by atoms with Crippen molar-refractivity contribution in [1.82, 2.24) is 4.90 Å². The zero-order chi connectivity index (χ0) is 14.5. The van der Waals surface area contributed by atoms with Crippen LogP contribution in [-0.4, -0.2) is 24.5 Å². The van der Waals surface area contributed by atoms with Crippen molar-refractivity contribution in [3.8, 4) is 5.75 Å². The third-order valence-electron chi connectivity index (χ3n) is 2.67. The summed E-state index contributed by atoms with van der Waals surface area (Å²) in [4.78, 5) is 13.5. The standard InChI is InChI=1S/C14H15BrN2O3/c1-17(8-12-5-6-13(15)20-12)14(18)9-19-11-4-2-3-10(16)7-11/h2-7H,8-9,16H2,1H3. The van der Waals surface area contributed by atoms with Gasteiger partial charge in [0.15, 0.2) is 11.3 Å². The minimum Gasteiger partial charge on any atom is -0.484 e. The molecule has 0 aliphatic carbocycles. The van der Waals surface area contributed by atoms with E-state index in [1.807, 2.05) is 6.07 Å². The summed E-state index contributed by atoms with van der Waals surface area (Å²) >= 11 is 3.22. The molecule has 106 valence electrons. The van der Waals surface area contributed by atoms with E-state index in [9.17, 15) is 4.79 Å². The number of halogens is 1. The molecule has 5 nitrogen and oxygen atoms in total. The topological polar surface area (TPSA) is 68.7 Å². The number of anilines is 1. The SMILES string of the molecule is CN(Cc1ccc(Br)o1)C(=O)COc1cccc(N)c1. The summed E-state index contributed by atoms with van der Waals surface area (Å²) in [6, 6.07) is 10.6. The maximum Gasteiger partial charge on any atom is 0.260 e. The smallest absolute Gasteiger partial charge is 0.260 e. The highest BCUT2D eigenvalue weighted by molar-refractivity contribution is 9.10. The Morgan fingerprint density at radius 3 is 2.85 bits per heavy atom. The van der Waals surface area contributed by atoms with Crippen LogP contribution in [0.25, 0.3) is 0 Å². The largest absolute Gasteiger partial charge is 0.484 e. The minimum atomic E-state index is -0.139. The van der Waals surface area contributed by atoms with Gasteiger partial charge in [0.1, 0.15) is 11.5 Å². The summed E-state index contributed by atoms with van der Waals surface area (Å²) in [5.41, 5.74) is 6.24. The van der Waals surface area contributed by atoms with Gasteiger partial charge in [-0.15, -0.1) is 0 Å². The lowest BCUT2D eigenvalue weighted by Crippen LogP contribution is -2.30. The fourth-order valence-corrected chi connectivity index (χ4v) is 1.96. The van der Waals surface area contributed by atoms with Gasteiger partial charge in [0.05, 0.1) is 6.54 Å². The van der Waals surface area contributed by atoms with E-state index >= 15 is 0 Å². The van der Waals surface area contributed by atoms with Crippen molar-refractivity contribution < 1.29 is 13.9 Å². The van der Waals surface area contributed by atoms with Gasteiger partial charge in [-0.25, -0.2) is 0 Å². The molecule has 0 unspecified atom stereocenters. The number of ether oxygens (including phenoxy) is 1. The van der Waals surface area contributed by atoms with Crippen molar-refractivity contribution in [3.05, 3.63) is 46.8 Å². The van der Waals surface area contributed by atoms with Crippen molar-refractivity contribution in [3.63, 3.8) is 0 Å². The Morgan fingerprint density at radius 1 is 1.40 bits per heavy atom. The molecule has 0 aliphatic heterocycles. The average Bonchev–Trinajstić information content (AvgIpc) is 2.81. The first-order chi connectivity index (χ1) is 9.54. The van der Waals surface area contributed by atoms with E-state index in [1.54, 1.807) is 37.4 Å². The molecule has 6 heteroatoms. The number of amides is 1. The van der Waals surface area contributed by atoms with E-state index in [4.69, 9.17) is 14.9 Å². The van der Waals surface area contributed by atoms with Crippen LogP contribution in [0.3, 0.4) is 0 Å². The molecule has 0 aliphatic rings. The summed E-state index contributed by atoms with van der Waals surface area (Å²) in [5, 5.41) is 0. The number of nitrogens with zero attached hydrogens (tertiary/aromatic N) is 1. The fourth-order valence-electron chi connectivity index (χ4n) is 1.62. The van der Waals surface area contributed by atoms with Crippen LogP contribution in [-0.2, 0) is 11.3 Å². The molecule has 0 saturated heterocycles. The number of carbonyl (C=O) groups is 1. The third-order valence-corrected chi connectivity index (χ3v) is 3.09. The van der Waals surface area contributed by atoms with Gasteiger partial charge in [-0.1, -0.05) is 6.07 Å². The Hall–Kier alpha value is -1.95. The number of hydrogen-bond acceptors (Lipinski definition) is 4. The zero-order valence-corrected chi connectivity index (χ0v) is 12.6. The van der Waals surface area contributed by atoms with Crippen molar-refractivity contribution in [2.24, 2.45) is 0 Å². The lowest BCUT2D eigenvalue weighted by atomic mass is 10.3.